The Morgan fingerprint density at radius 2 is 2.21 bits per heavy atom. The molecule has 0 amide bonds. The number of hydrogen-bond acceptors (Lipinski definition) is 8. The van der Waals surface area contributed by atoms with E-state index in [2.05, 4.69) is 15.0 Å². The first-order chi connectivity index (χ1) is 9.08. The van der Waals surface area contributed by atoms with Gasteiger partial charge in [-0.3, -0.25) is 9.42 Å². The molecule has 1 saturated heterocycles. The molecule has 0 spiro atoms. The van der Waals surface area contributed by atoms with Gasteiger partial charge in [-0.1, -0.05) is 0 Å². The number of piperazine rings is 1. The van der Waals surface area contributed by atoms with Crippen LogP contribution >= 0.6 is 0 Å². The molecule has 2 N–H and O–H groups in total. The second-order valence-corrected chi connectivity index (χ2v) is 4.26. The van der Waals surface area contributed by atoms with E-state index in [1.807, 2.05) is 11.9 Å². The lowest BCUT2D eigenvalue weighted by Crippen LogP contribution is -2.66. The largest absolute Gasteiger partial charge is 0.362 e. The molecule has 2 rings (SSSR count). The van der Waals surface area contributed by atoms with E-state index >= 15 is 0 Å². The van der Waals surface area contributed by atoms with Crippen LogP contribution < -0.4 is 15.5 Å². The van der Waals surface area contributed by atoms with E-state index < -0.39 is 5.09 Å². The monoisotopic (exact) mass is 273 g/mol. The molecule has 106 valence electrons. The summed E-state index contributed by atoms with van der Waals surface area (Å²) >= 11 is 0. The van der Waals surface area contributed by atoms with Gasteiger partial charge in [0.2, 0.25) is 5.27 Å². The average Bonchev–Trinajstić information content (AvgIpc) is 2.71. The summed E-state index contributed by atoms with van der Waals surface area (Å²) in [5.41, 5.74) is 6.37. The lowest BCUT2D eigenvalue weighted by molar-refractivity contribution is -0.764. The Balaban J connectivity index is 1.79. The summed E-state index contributed by atoms with van der Waals surface area (Å²) in [5, 5.41) is 15.1. The molecule has 0 unspecified atom stereocenters. The van der Waals surface area contributed by atoms with Crippen molar-refractivity contribution in [2.75, 3.05) is 50.1 Å². The van der Waals surface area contributed by atoms with Crippen molar-refractivity contribution >= 4 is 5.88 Å². The molecule has 1 aliphatic rings. The normalized spacial score (nSPS) is 16.6. The third-order valence-corrected chi connectivity index (χ3v) is 3.09. The number of rotatable bonds is 5. The van der Waals surface area contributed by atoms with Crippen molar-refractivity contribution in [1.29, 1.82) is 0 Å². The zero-order valence-electron chi connectivity index (χ0n) is 10.7. The third kappa shape index (κ3) is 3.22. The maximum Gasteiger partial charge on any atom is 0.304 e. The highest BCUT2D eigenvalue weighted by molar-refractivity contribution is 5.23. The fourth-order valence-corrected chi connectivity index (χ4v) is 1.97. The van der Waals surface area contributed by atoms with Crippen LogP contribution in [0.4, 0.5) is 5.88 Å². The number of aromatic nitrogens is 2. The second-order valence-electron chi connectivity index (χ2n) is 4.26. The molecule has 1 aromatic heterocycles. The van der Waals surface area contributed by atoms with E-state index in [1.165, 1.54) is 0 Å². The Bertz CT molecular complexity index is 442. The quantitative estimate of drug-likeness (QED) is 0.384. The highest BCUT2D eigenvalue weighted by Crippen LogP contribution is 2.03. The fourth-order valence-electron chi connectivity index (χ4n) is 1.97. The lowest BCUT2D eigenvalue weighted by Gasteiger charge is -2.29. The Hall–Kier alpha value is -2.10. The maximum absolute atomic E-state index is 10.0. The molecular formula is C9H17N6O4+. The van der Waals surface area contributed by atoms with Crippen LogP contribution in [0.1, 0.15) is 5.69 Å². The minimum absolute atomic E-state index is 0.0933. The first-order valence-electron chi connectivity index (χ1n) is 5.97. The van der Waals surface area contributed by atoms with Gasteiger partial charge in [0.05, 0.1) is 17.9 Å². The molecule has 1 aromatic rings. The van der Waals surface area contributed by atoms with Crippen molar-refractivity contribution in [2.45, 2.75) is 6.92 Å². The summed E-state index contributed by atoms with van der Waals surface area (Å²) in [6.45, 7) is 5.52. The fraction of sp³-hybridized carbons (Fsp3) is 0.778. The van der Waals surface area contributed by atoms with Crippen molar-refractivity contribution in [3.05, 3.63) is 15.8 Å². The topological polar surface area (TPSA) is 115 Å². The first kappa shape index (κ1) is 13.3. The number of hydrogen-bond donors (Lipinski definition) is 1. The molecule has 0 radical (unpaired) electrons. The predicted octanol–water partition coefficient (Wildman–Crippen LogP) is -1.69. The molecule has 10 heteroatoms. The highest BCUT2D eigenvalue weighted by atomic mass is 16.9. The minimum atomic E-state index is -0.770. The van der Waals surface area contributed by atoms with Gasteiger partial charge in [-0.15, -0.1) is 10.1 Å². The lowest BCUT2D eigenvalue weighted by atomic mass is 10.3. The van der Waals surface area contributed by atoms with Gasteiger partial charge in [0.15, 0.2) is 0 Å². The molecule has 19 heavy (non-hydrogen) atoms. The maximum atomic E-state index is 10.0. The summed E-state index contributed by atoms with van der Waals surface area (Å²) in [5.74, 6) is 0.307. The van der Waals surface area contributed by atoms with Crippen LogP contribution in [0.5, 0.6) is 0 Å². The minimum Gasteiger partial charge on any atom is -0.362 e. The van der Waals surface area contributed by atoms with Gasteiger partial charge >= 0.3 is 5.69 Å². The highest BCUT2D eigenvalue weighted by Gasteiger charge is 2.29. The molecule has 1 aliphatic heterocycles. The molecule has 2 heterocycles. The van der Waals surface area contributed by atoms with Crippen molar-refractivity contribution in [1.82, 2.24) is 10.2 Å². The van der Waals surface area contributed by atoms with Crippen molar-refractivity contribution in [3.8, 4) is 0 Å². The summed E-state index contributed by atoms with van der Waals surface area (Å²) in [6, 6.07) is 0. The van der Waals surface area contributed by atoms with Crippen molar-refractivity contribution in [3.63, 3.8) is 0 Å². The molecule has 0 atom stereocenters. The van der Waals surface area contributed by atoms with Gasteiger partial charge in [-0.25, -0.2) is 0 Å². The summed E-state index contributed by atoms with van der Waals surface area (Å²) in [4.78, 5) is 18.1. The van der Waals surface area contributed by atoms with Gasteiger partial charge in [0.25, 0.3) is 11.0 Å². The van der Waals surface area contributed by atoms with Crippen LogP contribution in [0.15, 0.2) is 4.52 Å². The smallest absolute Gasteiger partial charge is 0.304 e. The number of anilines is 1. The number of nitrogens with zero attached hydrogens (tertiary/aromatic N) is 5. The Labute approximate surface area is 109 Å². The molecule has 0 aromatic carbocycles. The Morgan fingerprint density at radius 3 is 2.74 bits per heavy atom. The second kappa shape index (κ2) is 5.69. The molecule has 0 aliphatic carbocycles. The van der Waals surface area contributed by atoms with Gasteiger partial charge in [0, 0.05) is 26.6 Å². The molecule has 1 fully saturated rings. The summed E-state index contributed by atoms with van der Waals surface area (Å²) in [7, 11) is 0. The van der Waals surface area contributed by atoms with Crippen molar-refractivity contribution in [2.24, 2.45) is 0 Å². The van der Waals surface area contributed by atoms with Gasteiger partial charge in [-0.05, 0) is 0 Å². The van der Waals surface area contributed by atoms with Gasteiger partial charge in [0.1, 0.15) is 6.61 Å². The van der Waals surface area contributed by atoms with Crippen LogP contribution in [-0.2, 0) is 4.84 Å². The van der Waals surface area contributed by atoms with E-state index in [4.69, 9.17) is 10.3 Å². The molecule has 0 bridgehead atoms. The zero-order valence-corrected chi connectivity index (χ0v) is 10.7. The van der Waals surface area contributed by atoms with E-state index in [9.17, 15) is 10.1 Å². The average molecular weight is 273 g/mol. The van der Waals surface area contributed by atoms with Crippen LogP contribution in [0.25, 0.3) is 0 Å². The van der Waals surface area contributed by atoms with E-state index in [1.54, 1.807) is 4.79 Å². The Kier molecular flexibility index (Phi) is 4.00. The van der Waals surface area contributed by atoms with Gasteiger partial charge < -0.3 is 10.6 Å². The third-order valence-electron chi connectivity index (χ3n) is 3.09. The Morgan fingerprint density at radius 1 is 1.53 bits per heavy atom. The van der Waals surface area contributed by atoms with Crippen LogP contribution in [0.2, 0.25) is 0 Å². The van der Waals surface area contributed by atoms with Crippen LogP contribution in [0, 0.1) is 17.0 Å². The number of nitrogens with two attached hydrogens (primary N) is 1. The van der Waals surface area contributed by atoms with Crippen LogP contribution in [0.3, 0.4) is 0 Å². The van der Waals surface area contributed by atoms with E-state index in [0.717, 1.165) is 31.9 Å². The standard InChI is InChI=1S/C9H17N6O4/c1-8-9(10)19-11-14(8)13-4-2-12(3-5-13)6-7-18-15(16)17/h2-7,10H2,1H3/q+1. The SMILES string of the molecule is Cc1c(N)on[n+]1N1CCN(CCO[N+](=O)[O-])CC1. The zero-order chi connectivity index (χ0) is 13.8. The van der Waals surface area contributed by atoms with E-state index in [-0.39, 0.29) is 6.61 Å². The first-order valence-corrected chi connectivity index (χ1v) is 5.97. The van der Waals surface area contributed by atoms with E-state index in [0.29, 0.717) is 12.4 Å². The molecule has 10 nitrogen and oxygen atoms in total. The number of nitrogen functional groups attached to an aromatic ring is 1. The summed E-state index contributed by atoms with van der Waals surface area (Å²) < 4.78 is 4.91. The van der Waals surface area contributed by atoms with Crippen LogP contribution in [-0.4, -0.2) is 54.6 Å². The van der Waals surface area contributed by atoms with Crippen molar-refractivity contribution < 1.29 is 19.2 Å². The summed E-state index contributed by atoms with van der Waals surface area (Å²) in [6.07, 6.45) is 0. The van der Waals surface area contributed by atoms with Gasteiger partial charge in [-0.2, -0.15) is 5.01 Å². The molecule has 0 saturated carbocycles. The predicted molar refractivity (Wildman–Crippen MR) is 63.2 cm³/mol. The molecular weight excluding hydrogens is 256 g/mol.